The molecule has 4 nitrogen and oxygen atoms in total. The summed E-state index contributed by atoms with van der Waals surface area (Å²) in [4.78, 5) is 21.9. The summed E-state index contributed by atoms with van der Waals surface area (Å²) in [6.07, 6.45) is 0.0845. The summed E-state index contributed by atoms with van der Waals surface area (Å²) in [6, 6.07) is 0. The molecule has 0 amide bonds. The summed E-state index contributed by atoms with van der Waals surface area (Å²) < 4.78 is 0. The number of carboxylic acids is 2. The monoisotopic (exact) mass is 252 g/mol. The van der Waals surface area contributed by atoms with Crippen LogP contribution in [-0.2, 0) is 9.59 Å². The molecule has 0 aliphatic rings. The predicted octanol–water partition coefficient (Wildman–Crippen LogP) is 0.301. The molecular weight excluding hydrogens is 234 g/mol. The molecule has 0 unspecified atom stereocenters. The van der Waals surface area contributed by atoms with E-state index in [0.717, 1.165) is 0 Å². The Morgan fingerprint density at radius 2 is 1.33 bits per heavy atom. The van der Waals surface area contributed by atoms with Crippen molar-refractivity contribution >= 4 is 92.9 Å². The average Bonchev–Trinajstić information content (AvgIpc) is 1.83. The average molecular weight is 252 g/mol. The topological polar surface area (TPSA) is 74.6 Å². The van der Waals surface area contributed by atoms with Gasteiger partial charge in [-0.25, -0.2) is 0 Å². The zero-order valence-electron chi connectivity index (χ0n) is 8.42. The van der Waals surface area contributed by atoms with Crippen LogP contribution in [0.25, 0.3) is 0 Å². The first kappa shape index (κ1) is 21.8. The second kappa shape index (κ2) is 7.82. The van der Waals surface area contributed by atoms with Gasteiger partial charge in [-0.1, -0.05) is 27.7 Å². The van der Waals surface area contributed by atoms with Gasteiger partial charge in [0.15, 0.2) is 5.41 Å². The number of aliphatic carboxylic acids is 2. The third-order valence-corrected chi connectivity index (χ3v) is 2.54. The summed E-state index contributed by atoms with van der Waals surface area (Å²) in [5, 5.41) is 17.9. The molecule has 0 bridgehead atoms. The number of rotatable bonds is 3. The molecule has 2 N–H and O–H groups in total. The van der Waals surface area contributed by atoms with Crippen LogP contribution < -0.4 is 0 Å². The summed E-state index contributed by atoms with van der Waals surface area (Å²) >= 11 is 0. The molecule has 15 heavy (non-hydrogen) atoms. The van der Waals surface area contributed by atoms with E-state index in [1.54, 1.807) is 27.7 Å². The third kappa shape index (κ3) is 4.39. The van der Waals surface area contributed by atoms with E-state index in [4.69, 9.17) is 10.2 Å². The van der Waals surface area contributed by atoms with Gasteiger partial charge in [-0.05, 0) is 11.8 Å². The Labute approximate surface area is 155 Å². The van der Waals surface area contributed by atoms with Crippen molar-refractivity contribution < 1.29 is 19.8 Å². The molecule has 0 aromatic carbocycles. The van der Waals surface area contributed by atoms with Crippen LogP contribution in [0.1, 0.15) is 34.1 Å². The van der Waals surface area contributed by atoms with Gasteiger partial charge in [-0.2, -0.15) is 0 Å². The Hall–Kier alpha value is 1.58. The fourth-order valence-electron chi connectivity index (χ4n) is 1.57. The van der Waals surface area contributed by atoms with E-state index in [1.165, 1.54) is 0 Å². The van der Waals surface area contributed by atoms with Crippen LogP contribution >= 0.6 is 0 Å². The third-order valence-electron chi connectivity index (χ3n) is 2.54. The molecule has 0 rings (SSSR count). The van der Waals surface area contributed by atoms with Crippen molar-refractivity contribution in [3.8, 4) is 0 Å². The van der Waals surface area contributed by atoms with Gasteiger partial charge in [0.05, 0.1) is 0 Å². The van der Waals surface area contributed by atoms with Crippen molar-refractivity contribution in [2.75, 3.05) is 0 Å². The van der Waals surface area contributed by atoms with Gasteiger partial charge in [0.2, 0.25) is 0 Å². The SMILES string of the molecule is CCC(C(=O)O)(C(=O)O)C(C)(C)C.[KH].[NaH]. The van der Waals surface area contributed by atoms with Crippen molar-refractivity contribution in [2.24, 2.45) is 10.8 Å². The van der Waals surface area contributed by atoms with Crippen molar-refractivity contribution in [3.05, 3.63) is 0 Å². The normalized spacial score (nSPS) is 10.9. The molecule has 0 atom stereocenters. The maximum absolute atomic E-state index is 11.0. The molecule has 0 radical (unpaired) electrons. The van der Waals surface area contributed by atoms with E-state index in [9.17, 15) is 9.59 Å². The Balaban J connectivity index is -0.000000720. The first-order valence-corrected chi connectivity index (χ1v) is 4.17. The zero-order valence-corrected chi connectivity index (χ0v) is 8.42. The number of carbonyl (C=O) groups is 2. The zero-order chi connectivity index (χ0) is 10.9. The van der Waals surface area contributed by atoms with Crippen LogP contribution in [0.5, 0.6) is 0 Å². The van der Waals surface area contributed by atoms with Gasteiger partial charge < -0.3 is 10.2 Å². The Bertz CT molecular complexity index is 221. The first-order valence-electron chi connectivity index (χ1n) is 4.17. The fraction of sp³-hybridized carbons (Fsp3) is 0.778. The van der Waals surface area contributed by atoms with E-state index >= 15 is 0 Å². The standard InChI is InChI=1S/C9H16O4.K.Na.2H/c1-5-9(6(10)11,7(12)13)8(2,3)4;;;;/h5H2,1-4H3,(H,10,11)(H,12,13);;;;. The molecule has 0 spiro atoms. The van der Waals surface area contributed by atoms with E-state index in [1.807, 2.05) is 0 Å². The fourth-order valence-corrected chi connectivity index (χ4v) is 1.57. The Morgan fingerprint density at radius 1 is 1.07 bits per heavy atom. The van der Waals surface area contributed by atoms with Gasteiger partial charge >= 0.3 is 92.9 Å². The van der Waals surface area contributed by atoms with Gasteiger partial charge in [-0.3, -0.25) is 9.59 Å². The van der Waals surface area contributed by atoms with Crippen LogP contribution in [0.2, 0.25) is 0 Å². The van der Waals surface area contributed by atoms with Crippen LogP contribution in [-0.4, -0.2) is 103 Å². The van der Waals surface area contributed by atoms with Crippen molar-refractivity contribution in [1.29, 1.82) is 0 Å². The molecule has 0 aliphatic heterocycles. The Morgan fingerprint density at radius 3 is 1.33 bits per heavy atom. The molecule has 0 aromatic heterocycles. The quantitative estimate of drug-likeness (QED) is 0.559. The van der Waals surface area contributed by atoms with Gasteiger partial charge in [0, 0.05) is 0 Å². The van der Waals surface area contributed by atoms with Gasteiger partial charge in [0.1, 0.15) is 0 Å². The van der Waals surface area contributed by atoms with Crippen molar-refractivity contribution in [1.82, 2.24) is 0 Å². The Kier molecular flexibility index (Phi) is 11.4. The molecule has 0 aliphatic carbocycles. The molecule has 0 aromatic rings. The number of carboxylic acid groups (broad SMARTS) is 2. The second-order valence-corrected chi connectivity index (χ2v) is 4.12. The van der Waals surface area contributed by atoms with Gasteiger partial charge in [0.25, 0.3) is 0 Å². The van der Waals surface area contributed by atoms with E-state index in [-0.39, 0.29) is 87.4 Å². The van der Waals surface area contributed by atoms with Crippen molar-refractivity contribution in [3.63, 3.8) is 0 Å². The number of hydrogen-bond donors (Lipinski definition) is 2. The van der Waals surface area contributed by atoms with Crippen LogP contribution in [0.4, 0.5) is 0 Å². The number of hydrogen-bond acceptors (Lipinski definition) is 2. The second-order valence-electron chi connectivity index (χ2n) is 4.12. The van der Waals surface area contributed by atoms with Crippen LogP contribution in [0, 0.1) is 10.8 Å². The van der Waals surface area contributed by atoms with Crippen LogP contribution in [0.15, 0.2) is 0 Å². The van der Waals surface area contributed by atoms with Crippen LogP contribution in [0.3, 0.4) is 0 Å². The van der Waals surface area contributed by atoms with Crippen molar-refractivity contribution in [2.45, 2.75) is 34.1 Å². The first-order chi connectivity index (χ1) is 5.70. The molecule has 0 heterocycles. The minimum absolute atomic E-state index is 0. The predicted molar refractivity (Wildman–Crippen MR) is 61.7 cm³/mol. The molecular formula is C9H18KNaO4. The van der Waals surface area contributed by atoms with E-state index in [2.05, 4.69) is 0 Å². The molecule has 0 saturated carbocycles. The molecule has 80 valence electrons. The van der Waals surface area contributed by atoms with E-state index in [0.29, 0.717) is 0 Å². The maximum atomic E-state index is 11.0. The summed E-state index contributed by atoms with van der Waals surface area (Å²) in [6.45, 7) is 6.45. The van der Waals surface area contributed by atoms with Gasteiger partial charge in [-0.15, -0.1) is 0 Å². The summed E-state index contributed by atoms with van der Waals surface area (Å²) in [7, 11) is 0. The molecule has 0 fully saturated rings. The molecule has 0 saturated heterocycles. The van der Waals surface area contributed by atoms with E-state index < -0.39 is 22.8 Å². The minimum atomic E-state index is -1.69. The summed E-state index contributed by atoms with van der Waals surface area (Å²) in [5.41, 5.74) is -2.48. The molecule has 6 heteroatoms. The summed E-state index contributed by atoms with van der Waals surface area (Å²) in [5.74, 6) is -2.54.